The average Bonchev–Trinajstić information content (AvgIpc) is 3.04. The Morgan fingerprint density at radius 1 is 1.19 bits per heavy atom. The van der Waals surface area contributed by atoms with Gasteiger partial charge in [0, 0.05) is 12.1 Å². The number of carbonyl (C=O) groups is 1. The van der Waals surface area contributed by atoms with E-state index in [2.05, 4.69) is 4.98 Å². The Labute approximate surface area is 122 Å². The maximum atomic E-state index is 12.0. The van der Waals surface area contributed by atoms with E-state index >= 15 is 0 Å². The van der Waals surface area contributed by atoms with Gasteiger partial charge in [-0.1, -0.05) is 0 Å². The minimum Gasteiger partial charge on any atom is -0.497 e. The van der Waals surface area contributed by atoms with E-state index in [0.717, 1.165) is 0 Å². The van der Waals surface area contributed by atoms with Crippen LogP contribution in [0.15, 0.2) is 29.0 Å². The van der Waals surface area contributed by atoms with Gasteiger partial charge in [0.2, 0.25) is 5.89 Å². The molecule has 0 N–H and O–H groups in total. The summed E-state index contributed by atoms with van der Waals surface area (Å²) in [5.74, 6) is 0.856. The van der Waals surface area contributed by atoms with Crippen LogP contribution < -0.4 is 9.47 Å². The van der Waals surface area contributed by atoms with Crippen LogP contribution in [0.3, 0.4) is 0 Å². The fraction of sp³-hybridized carbons (Fsp3) is 0.200. The van der Waals surface area contributed by atoms with Crippen LogP contribution in [0.2, 0.25) is 0 Å². The molecule has 0 spiro atoms. The van der Waals surface area contributed by atoms with Crippen molar-refractivity contribution in [1.82, 2.24) is 4.98 Å². The summed E-state index contributed by atoms with van der Waals surface area (Å²) in [6.07, 6.45) is 6.32. The third-order valence-electron chi connectivity index (χ3n) is 2.81. The van der Waals surface area contributed by atoms with Gasteiger partial charge in [0.15, 0.2) is 0 Å². The number of nitrogens with zero attached hydrogens (tertiary/aromatic N) is 1. The van der Waals surface area contributed by atoms with Gasteiger partial charge in [0.05, 0.1) is 27.5 Å². The van der Waals surface area contributed by atoms with Crippen LogP contribution in [0.5, 0.6) is 11.5 Å². The number of benzene rings is 1. The van der Waals surface area contributed by atoms with Crippen molar-refractivity contribution in [3.8, 4) is 11.5 Å². The van der Waals surface area contributed by atoms with Crippen molar-refractivity contribution in [2.45, 2.75) is 0 Å². The van der Waals surface area contributed by atoms with Crippen LogP contribution >= 0.6 is 0 Å². The predicted molar refractivity (Wildman–Crippen MR) is 76.3 cm³/mol. The van der Waals surface area contributed by atoms with E-state index in [0.29, 0.717) is 28.5 Å². The first-order valence-electron chi connectivity index (χ1n) is 6.11. The van der Waals surface area contributed by atoms with Crippen LogP contribution in [0, 0.1) is 0 Å². The van der Waals surface area contributed by atoms with Crippen molar-refractivity contribution in [2.24, 2.45) is 0 Å². The molecule has 110 valence electrons. The highest BCUT2D eigenvalue weighted by Gasteiger charge is 2.18. The molecule has 0 fully saturated rings. The topological polar surface area (TPSA) is 70.8 Å². The molecule has 0 unspecified atom stereocenters. The molecule has 0 amide bonds. The zero-order valence-corrected chi connectivity index (χ0v) is 12.0. The summed E-state index contributed by atoms with van der Waals surface area (Å²) < 4.78 is 20.3. The third-order valence-corrected chi connectivity index (χ3v) is 2.81. The van der Waals surface area contributed by atoms with Crippen molar-refractivity contribution in [2.75, 3.05) is 21.3 Å². The van der Waals surface area contributed by atoms with Gasteiger partial charge in [-0.2, -0.15) is 0 Å². The van der Waals surface area contributed by atoms with Gasteiger partial charge in [-0.25, -0.2) is 9.78 Å². The molecule has 0 aliphatic carbocycles. The molecule has 2 aromatic rings. The lowest BCUT2D eigenvalue weighted by Gasteiger charge is -2.12. The van der Waals surface area contributed by atoms with E-state index < -0.39 is 5.97 Å². The van der Waals surface area contributed by atoms with Crippen LogP contribution in [-0.4, -0.2) is 32.3 Å². The lowest BCUT2D eigenvalue weighted by atomic mass is 10.0. The normalized spacial score (nSPS) is 10.6. The number of esters is 1. The Bertz CT molecular complexity index is 646. The van der Waals surface area contributed by atoms with Gasteiger partial charge in [0.25, 0.3) is 0 Å². The highest BCUT2D eigenvalue weighted by molar-refractivity contribution is 5.98. The second-order valence-electron chi connectivity index (χ2n) is 3.99. The largest absolute Gasteiger partial charge is 0.497 e. The summed E-state index contributed by atoms with van der Waals surface area (Å²) >= 11 is 0. The monoisotopic (exact) mass is 289 g/mol. The Kier molecular flexibility index (Phi) is 4.61. The molecule has 1 heterocycles. The number of carbonyl (C=O) groups excluding carboxylic acids is 1. The zero-order chi connectivity index (χ0) is 15.2. The Hall–Kier alpha value is -2.76. The lowest BCUT2D eigenvalue weighted by Crippen LogP contribution is -2.07. The number of hydrogen-bond acceptors (Lipinski definition) is 6. The quantitative estimate of drug-likeness (QED) is 0.788. The fourth-order valence-electron chi connectivity index (χ4n) is 1.82. The zero-order valence-electron chi connectivity index (χ0n) is 12.0. The average molecular weight is 289 g/mol. The van der Waals surface area contributed by atoms with Gasteiger partial charge >= 0.3 is 5.97 Å². The van der Waals surface area contributed by atoms with E-state index in [1.54, 1.807) is 24.3 Å². The van der Waals surface area contributed by atoms with Crippen molar-refractivity contribution in [3.05, 3.63) is 41.6 Å². The van der Waals surface area contributed by atoms with Crippen LogP contribution in [0.1, 0.15) is 21.8 Å². The number of aromatic nitrogens is 1. The molecule has 0 saturated heterocycles. The molecule has 0 atom stereocenters. The summed E-state index contributed by atoms with van der Waals surface area (Å²) in [6, 6.07) is 3.32. The number of rotatable bonds is 5. The van der Waals surface area contributed by atoms with E-state index in [1.165, 1.54) is 33.8 Å². The number of ether oxygens (including phenoxy) is 3. The van der Waals surface area contributed by atoms with Crippen molar-refractivity contribution in [1.29, 1.82) is 0 Å². The van der Waals surface area contributed by atoms with Gasteiger partial charge in [-0.15, -0.1) is 0 Å². The van der Waals surface area contributed by atoms with E-state index in [4.69, 9.17) is 18.6 Å². The fourth-order valence-corrected chi connectivity index (χ4v) is 1.82. The molecule has 6 heteroatoms. The Morgan fingerprint density at radius 2 is 2.00 bits per heavy atom. The molecule has 0 radical (unpaired) electrons. The van der Waals surface area contributed by atoms with E-state index in [9.17, 15) is 4.79 Å². The number of methoxy groups -OCH3 is 3. The van der Waals surface area contributed by atoms with Crippen molar-refractivity contribution in [3.63, 3.8) is 0 Å². The maximum Gasteiger partial charge on any atom is 0.342 e. The number of hydrogen-bond donors (Lipinski definition) is 0. The molecule has 0 bridgehead atoms. The summed E-state index contributed by atoms with van der Waals surface area (Å²) in [7, 11) is 4.32. The second kappa shape index (κ2) is 6.60. The molecule has 6 nitrogen and oxygen atoms in total. The number of oxazole rings is 1. The summed E-state index contributed by atoms with van der Waals surface area (Å²) in [5.41, 5.74) is 0.889. The Balaban J connectivity index is 2.52. The minimum absolute atomic E-state index is 0.309. The molecule has 2 rings (SSSR count). The molecule has 0 saturated carbocycles. The summed E-state index contributed by atoms with van der Waals surface area (Å²) in [4.78, 5) is 15.9. The molecular formula is C15H15NO5. The SMILES string of the molecule is COC(=O)c1c(/C=C\c2ncco2)cc(OC)cc1OC. The summed E-state index contributed by atoms with van der Waals surface area (Å²) in [5, 5.41) is 0. The highest BCUT2D eigenvalue weighted by atomic mass is 16.5. The molecular weight excluding hydrogens is 274 g/mol. The van der Waals surface area contributed by atoms with Gasteiger partial charge < -0.3 is 18.6 Å². The first kappa shape index (κ1) is 14.6. The van der Waals surface area contributed by atoms with Crippen LogP contribution in [0.25, 0.3) is 12.2 Å². The first-order valence-corrected chi connectivity index (χ1v) is 6.11. The third kappa shape index (κ3) is 3.22. The van der Waals surface area contributed by atoms with Crippen LogP contribution in [0.4, 0.5) is 0 Å². The molecule has 0 aliphatic rings. The van der Waals surface area contributed by atoms with Gasteiger partial charge in [-0.3, -0.25) is 0 Å². The lowest BCUT2D eigenvalue weighted by molar-refractivity contribution is 0.0597. The first-order chi connectivity index (χ1) is 10.2. The van der Waals surface area contributed by atoms with Crippen molar-refractivity contribution >= 4 is 18.1 Å². The van der Waals surface area contributed by atoms with Gasteiger partial charge in [-0.05, 0) is 17.7 Å². The smallest absolute Gasteiger partial charge is 0.342 e. The van der Waals surface area contributed by atoms with E-state index in [-0.39, 0.29) is 0 Å². The van der Waals surface area contributed by atoms with E-state index in [1.807, 2.05) is 0 Å². The minimum atomic E-state index is -0.499. The predicted octanol–water partition coefficient (Wildman–Crippen LogP) is 2.65. The summed E-state index contributed by atoms with van der Waals surface area (Å²) in [6.45, 7) is 0. The molecule has 21 heavy (non-hydrogen) atoms. The standard InChI is InChI=1S/C15H15NO5/c1-18-11-8-10(4-5-13-16-6-7-21-13)14(15(17)20-3)12(9-11)19-2/h4-9H,1-3H3/b5-4-. The Morgan fingerprint density at radius 3 is 2.57 bits per heavy atom. The molecule has 0 aliphatic heterocycles. The maximum absolute atomic E-state index is 12.0. The molecule has 1 aromatic heterocycles. The highest BCUT2D eigenvalue weighted by Crippen LogP contribution is 2.30. The van der Waals surface area contributed by atoms with Gasteiger partial charge in [0.1, 0.15) is 23.3 Å². The van der Waals surface area contributed by atoms with Crippen LogP contribution in [-0.2, 0) is 4.74 Å². The second-order valence-corrected chi connectivity index (χ2v) is 3.99. The molecule has 1 aromatic carbocycles. The van der Waals surface area contributed by atoms with Crippen molar-refractivity contribution < 1.29 is 23.4 Å².